The van der Waals surface area contributed by atoms with E-state index in [9.17, 15) is 18.5 Å². The molecule has 0 amide bonds. The van der Waals surface area contributed by atoms with Crippen LogP contribution in [0.15, 0.2) is 23.1 Å². The molecule has 0 bridgehead atoms. The van der Waals surface area contributed by atoms with Crippen LogP contribution in [0.1, 0.15) is 25.3 Å². The second-order valence-electron chi connectivity index (χ2n) is 5.39. The van der Waals surface area contributed by atoms with Crippen LogP contribution < -0.4 is 5.32 Å². The van der Waals surface area contributed by atoms with Crippen molar-refractivity contribution >= 4 is 15.7 Å². The summed E-state index contributed by atoms with van der Waals surface area (Å²) in [6, 6.07) is 4.18. The first-order chi connectivity index (χ1) is 10.4. The fraction of sp³-hybridized carbons (Fsp3) is 0.571. The second-order valence-corrected chi connectivity index (χ2v) is 7.30. The number of nitrogens with zero attached hydrogens (tertiary/aromatic N) is 2. The standard InChI is InChI=1S/C14H21N3O4S/c1-3-11-6-7-13(17(18)19)9-14(11)22(20,21)16-8-4-5-12(10-16)15-2/h6-7,9,12,15H,3-5,8,10H2,1-2H3. The van der Waals surface area contributed by atoms with Gasteiger partial charge in [-0.05, 0) is 31.9 Å². The van der Waals surface area contributed by atoms with Crippen molar-refractivity contribution in [2.75, 3.05) is 20.1 Å². The van der Waals surface area contributed by atoms with E-state index < -0.39 is 14.9 Å². The van der Waals surface area contributed by atoms with Crippen molar-refractivity contribution in [2.45, 2.75) is 37.1 Å². The van der Waals surface area contributed by atoms with Crippen LogP contribution in [0, 0.1) is 10.1 Å². The Hall–Kier alpha value is -1.51. The Morgan fingerprint density at radius 1 is 1.45 bits per heavy atom. The number of benzene rings is 1. The zero-order chi connectivity index (χ0) is 16.3. The highest BCUT2D eigenvalue weighted by Crippen LogP contribution is 2.27. The summed E-state index contributed by atoms with van der Waals surface area (Å²) in [6.07, 6.45) is 2.22. The highest BCUT2D eigenvalue weighted by molar-refractivity contribution is 7.89. The first-order valence-corrected chi connectivity index (χ1v) is 8.79. The lowest BCUT2D eigenvalue weighted by molar-refractivity contribution is -0.385. The lowest BCUT2D eigenvalue weighted by Gasteiger charge is -2.32. The number of likely N-dealkylation sites (N-methyl/N-ethyl adjacent to an activating group) is 1. The van der Waals surface area contributed by atoms with E-state index >= 15 is 0 Å². The Kier molecular flexibility index (Phi) is 5.15. The molecule has 0 radical (unpaired) electrons. The highest BCUT2D eigenvalue weighted by Gasteiger charge is 2.32. The number of sulfonamides is 1. The van der Waals surface area contributed by atoms with Gasteiger partial charge in [0.15, 0.2) is 0 Å². The van der Waals surface area contributed by atoms with Gasteiger partial charge in [0.2, 0.25) is 10.0 Å². The molecule has 8 heteroatoms. The van der Waals surface area contributed by atoms with Crippen molar-refractivity contribution in [3.05, 3.63) is 33.9 Å². The normalized spacial score (nSPS) is 20.0. The average molecular weight is 327 g/mol. The molecule has 2 rings (SSSR count). The van der Waals surface area contributed by atoms with Gasteiger partial charge in [0.05, 0.1) is 9.82 Å². The zero-order valence-electron chi connectivity index (χ0n) is 12.8. The molecular formula is C14H21N3O4S. The number of non-ortho nitro benzene ring substituents is 1. The van der Waals surface area contributed by atoms with E-state index in [0.717, 1.165) is 12.8 Å². The van der Waals surface area contributed by atoms with Gasteiger partial charge in [-0.1, -0.05) is 13.0 Å². The van der Waals surface area contributed by atoms with Crippen LogP contribution in [0.5, 0.6) is 0 Å². The van der Waals surface area contributed by atoms with Gasteiger partial charge in [-0.15, -0.1) is 0 Å². The first-order valence-electron chi connectivity index (χ1n) is 7.35. The van der Waals surface area contributed by atoms with Crippen LogP contribution in [0.3, 0.4) is 0 Å². The first kappa shape index (κ1) is 16.9. The number of hydrogen-bond donors (Lipinski definition) is 1. The molecule has 0 spiro atoms. The Bertz CT molecular complexity index is 660. The Balaban J connectivity index is 2.43. The van der Waals surface area contributed by atoms with E-state index in [0.29, 0.717) is 25.1 Å². The van der Waals surface area contributed by atoms with Crippen LogP contribution >= 0.6 is 0 Å². The van der Waals surface area contributed by atoms with Gasteiger partial charge in [0.25, 0.3) is 5.69 Å². The highest BCUT2D eigenvalue weighted by atomic mass is 32.2. The van der Waals surface area contributed by atoms with Crippen molar-refractivity contribution in [2.24, 2.45) is 0 Å². The minimum atomic E-state index is -3.71. The van der Waals surface area contributed by atoms with Gasteiger partial charge in [0, 0.05) is 31.3 Å². The molecule has 1 atom stereocenters. The molecule has 1 aromatic carbocycles. The molecule has 1 fully saturated rings. The Labute approximate surface area is 130 Å². The lowest BCUT2D eigenvalue weighted by Crippen LogP contribution is -2.47. The summed E-state index contributed by atoms with van der Waals surface area (Å²) in [6.45, 7) is 2.68. The smallest absolute Gasteiger partial charge is 0.270 e. The maximum atomic E-state index is 12.9. The monoisotopic (exact) mass is 327 g/mol. The third-order valence-electron chi connectivity index (χ3n) is 4.05. The van der Waals surface area contributed by atoms with E-state index in [1.807, 2.05) is 14.0 Å². The Morgan fingerprint density at radius 3 is 2.77 bits per heavy atom. The number of nitrogens with one attached hydrogen (secondary N) is 1. The summed E-state index contributed by atoms with van der Waals surface area (Å²) in [7, 11) is -1.90. The summed E-state index contributed by atoms with van der Waals surface area (Å²) >= 11 is 0. The van der Waals surface area contributed by atoms with Gasteiger partial charge in [-0.2, -0.15) is 4.31 Å². The van der Waals surface area contributed by atoms with Crippen molar-refractivity contribution in [1.82, 2.24) is 9.62 Å². The molecule has 0 aromatic heterocycles. The quantitative estimate of drug-likeness (QED) is 0.654. The minimum Gasteiger partial charge on any atom is -0.316 e. The molecule has 1 aromatic rings. The Morgan fingerprint density at radius 2 is 2.18 bits per heavy atom. The average Bonchev–Trinajstić information content (AvgIpc) is 2.54. The maximum absolute atomic E-state index is 12.9. The summed E-state index contributed by atoms with van der Waals surface area (Å²) in [4.78, 5) is 10.4. The zero-order valence-corrected chi connectivity index (χ0v) is 13.6. The number of nitro benzene ring substituents is 1. The molecular weight excluding hydrogens is 306 g/mol. The minimum absolute atomic E-state index is 0.0564. The molecule has 0 aliphatic carbocycles. The third-order valence-corrected chi connectivity index (χ3v) is 6.00. The van der Waals surface area contributed by atoms with Crippen molar-refractivity contribution in [3.8, 4) is 0 Å². The van der Waals surface area contributed by atoms with Crippen LogP contribution in [0.4, 0.5) is 5.69 Å². The van der Waals surface area contributed by atoms with Gasteiger partial charge >= 0.3 is 0 Å². The number of piperidine rings is 1. The van der Waals surface area contributed by atoms with E-state index in [1.54, 1.807) is 0 Å². The summed E-state index contributed by atoms with van der Waals surface area (Å²) in [5.74, 6) is 0. The molecule has 1 aliphatic heterocycles. The molecule has 1 aliphatic rings. The number of hydrogen-bond acceptors (Lipinski definition) is 5. The molecule has 1 unspecified atom stereocenters. The largest absolute Gasteiger partial charge is 0.316 e. The van der Waals surface area contributed by atoms with Gasteiger partial charge in [-0.25, -0.2) is 8.42 Å². The second kappa shape index (κ2) is 6.72. The summed E-state index contributed by atoms with van der Waals surface area (Å²) < 4.78 is 27.2. The number of aryl methyl sites for hydroxylation is 1. The summed E-state index contributed by atoms with van der Waals surface area (Å²) in [5, 5.41) is 14.0. The van der Waals surface area contributed by atoms with E-state index in [1.165, 1.54) is 22.5 Å². The van der Waals surface area contributed by atoms with Gasteiger partial charge in [-0.3, -0.25) is 10.1 Å². The van der Waals surface area contributed by atoms with E-state index in [4.69, 9.17) is 0 Å². The predicted octanol–water partition coefficient (Wildman–Crippen LogP) is 1.53. The van der Waals surface area contributed by atoms with Crippen LogP contribution in [0.2, 0.25) is 0 Å². The molecule has 7 nitrogen and oxygen atoms in total. The van der Waals surface area contributed by atoms with Crippen molar-refractivity contribution in [1.29, 1.82) is 0 Å². The third kappa shape index (κ3) is 3.29. The SMILES string of the molecule is CCc1ccc([N+](=O)[O-])cc1S(=O)(=O)N1CCCC(NC)C1. The maximum Gasteiger partial charge on any atom is 0.270 e. The van der Waals surface area contributed by atoms with E-state index in [2.05, 4.69) is 5.32 Å². The molecule has 1 heterocycles. The van der Waals surface area contributed by atoms with Gasteiger partial charge in [0.1, 0.15) is 0 Å². The molecule has 122 valence electrons. The molecule has 22 heavy (non-hydrogen) atoms. The molecule has 1 saturated heterocycles. The predicted molar refractivity (Wildman–Crippen MR) is 83.3 cm³/mol. The van der Waals surface area contributed by atoms with Crippen LogP contribution in [-0.2, 0) is 16.4 Å². The lowest BCUT2D eigenvalue weighted by atomic mass is 10.1. The molecule has 1 N–H and O–H groups in total. The number of nitro groups is 1. The molecule has 0 saturated carbocycles. The number of rotatable bonds is 5. The summed E-state index contributed by atoms with van der Waals surface area (Å²) in [5.41, 5.74) is 0.412. The van der Waals surface area contributed by atoms with Crippen molar-refractivity contribution in [3.63, 3.8) is 0 Å². The topological polar surface area (TPSA) is 92.5 Å². The fourth-order valence-corrected chi connectivity index (χ4v) is 4.56. The van der Waals surface area contributed by atoms with Crippen molar-refractivity contribution < 1.29 is 13.3 Å². The van der Waals surface area contributed by atoms with Crippen LogP contribution in [0.25, 0.3) is 0 Å². The van der Waals surface area contributed by atoms with Crippen LogP contribution in [-0.4, -0.2) is 43.8 Å². The van der Waals surface area contributed by atoms with E-state index in [-0.39, 0.29) is 16.6 Å². The fourth-order valence-electron chi connectivity index (χ4n) is 2.72. The van der Waals surface area contributed by atoms with Gasteiger partial charge < -0.3 is 5.32 Å².